The molecule has 0 unspecified atom stereocenters. The fourth-order valence-corrected chi connectivity index (χ4v) is 2.73. The number of amides is 2. The number of carbonyl (C=O) groups excluding carboxylic acids is 2. The highest BCUT2D eigenvalue weighted by Crippen LogP contribution is 2.20. The summed E-state index contributed by atoms with van der Waals surface area (Å²) in [4.78, 5) is 23.3. The van der Waals surface area contributed by atoms with E-state index in [0.29, 0.717) is 32.2 Å². The molecule has 2 N–H and O–H groups in total. The molecule has 1 atom stereocenters. The van der Waals surface area contributed by atoms with Gasteiger partial charge in [-0.3, -0.25) is 9.59 Å². The molecule has 1 aliphatic heterocycles. The third-order valence-corrected chi connectivity index (χ3v) is 3.88. The Morgan fingerprint density at radius 3 is 2.79 bits per heavy atom. The first-order valence-electron chi connectivity index (χ1n) is 7.44. The lowest BCUT2D eigenvalue weighted by atomic mass is 9.98. The van der Waals surface area contributed by atoms with E-state index in [1.807, 2.05) is 0 Å². The second kappa shape index (κ2) is 7.48. The first kappa shape index (κ1) is 14.3. The van der Waals surface area contributed by atoms with Gasteiger partial charge in [-0.2, -0.15) is 0 Å². The van der Waals surface area contributed by atoms with E-state index < -0.39 is 5.92 Å². The SMILES string of the molecule is O=C(NCCCOC1CCCC1)[C@@H]1CCCNC1=O. The van der Waals surface area contributed by atoms with Crippen LogP contribution in [0.15, 0.2) is 0 Å². The third kappa shape index (κ3) is 4.49. The number of hydrogen-bond acceptors (Lipinski definition) is 3. The van der Waals surface area contributed by atoms with Gasteiger partial charge in [0.1, 0.15) is 5.92 Å². The van der Waals surface area contributed by atoms with Gasteiger partial charge in [0.15, 0.2) is 0 Å². The van der Waals surface area contributed by atoms with Crippen molar-refractivity contribution >= 4 is 11.8 Å². The van der Waals surface area contributed by atoms with Crippen LogP contribution in [0.1, 0.15) is 44.9 Å². The van der Waals surface area contributed by atoms with Crippen LogP contribution >= 0.6 is 0 Å². The minimum absolute atomic E-state index is 0.133. The van der Waals surface area contributed by atoms with Gasteiger partial charge in [-0.1, -0.05) is 12.8 Å². The third-order valence-electron chi connectivity index (χ3n) is 3.88. The second-order valence-electron chi connectivity index (χ2n) is 5.41. The van der Waals surface area contributed by atoms with Gasteiger partial charge in [0.05, 0.1) is 6.10 Å². The van der Waals surface area contributed by atoms with Crippen LogP contribution < -0.4 is 10.6 Å². The summed E-state index contributed by atoms with van der Waals surface area (Å²) in [5, 5.41) is 5.56. The van der Waals surface area contributed by atoms with Crippen LogP contribution in [0, 0.1) is 5.92 Å². The van der Waals surface area contributed by atoms with Crippen LogP contribution in [0.2, 0.25) is 0 Å². The van der Waals surface area contributed by atoms with Gasteiger partial charge in [-0.25, -0.2) is 0 Å². The lowest BCUT2D eigenvalue weighted by Crippen LogP contribution is -2.45. The zero-order valence-corrected chi connectivity index (χ0v) is 11.5. The summed E-state index contributed by atoms with van der Waals surface area (Å²) in [5.74, 6) is -0.770. The maximum atomic E-state index is 11.8. The smallest absolute Gasteiger partial charge is 0.232 e. The topological polar surface area (TPSA) is 67.4 Å². The Morgan fingerprint density at radius 2 is 2.05 bits per heavy atom. The molecule has 108 valence electrons. The largest absolute Gasteiger partial charge is 0.378 e. The molecule has 19 heavy (non-hydrogen) atoms. The van der Waals surface area contributed by atoms with Gasteiger partial charge in [0, 0.05) is 19.7 Å². The van der Waals surface area contributed by atoms with Gasteiger partial charge in [-0.05, 0) is 32.1 Å². The van der Waals surface area contributed by atoms with Crippen LogP contribution in [-0.2, 0) is 14.3 Å². The molecule has 5 heteroatoms. The standard InChI is InChI=1S/C14H24N2O3/c17-13-12(7-3-8-15-13)14(18)16-9-4-10-19-11-5-1-2-6-11/h11-12H,1-10H2,(H,15,17)(H,16,18)/t12-/m1/s1. The normalized spacial score (nSPS) is 24.2. The monoisotopic (exact) mass is 268 g/mol. The zero-order valence-electron chi connectivity index (χ0n) is 11.5. The van der Waals surface area contributed by atoms with Crippen LogP contribution in [0.4, 0.5) is 0 Å². The van der Waals surface area contributed by atoms with Crippen LogP contribution in [0.3, 0.4) is 0 Å². The lowest BCUT2D eigenvalue weighted by Gasteiger charge is -2.21. The summed E-state index contributed by atoms with van der Waals surface area (Å²) in [5.41, 5.74) is 0. The minimum atomic E-state index is -0.496. The Hall–Kier alpha value is -1.10. The molecule has 0 radical (unpaired) electrons. The van der Waals surface area contributed by atoms with Gasteiger partial charge < -0.3 is 15.4 Å². The lowest BCUT2D eigenvalue weighted by molar-refractivity contribution is -0.136. The summed E-state index contributed by atoms with van der Waals surface area (Å²) in [6.45, 7) is 1.98. The zero-order chi connectivity index (χ0) is 13.5. The van der Waals surface area contributed by atoms with E-state index in [1.165, 1.54) is 25.7 Å². The van der Waals surface area contributed by atoms with Gasteiger partial charge in [0.2, 0.25) is 11.8 Å². The number of rotatable bonds is 6. The van der Waals surface area contributed by atoms with E-state index in [1.54, 1.807) is 0 Å². The Bertz CT molecular complexity index is 314. The van der Waals surface area contributed by atoms with Gasteiger partial charge in [-0.15, -0.1) is 0 Å². The molecule has 0 spiro atoms. The van der Waals surface area contributed by atoms with Gasteiger partial charge in [0.25, 0.3) is 0 Å². The minimum Gasteiger partial charge on any atom is -0.378 e. The van der Waals surface area contributed by atoms with Crippen molar-refractivity contribution in [2.45, 2.75) is 51.0 Å². The number of ether oxygens (including phenoxy) is 1. The molecule has 1 aliphatic carbocycles. The highest BCUT2D eigenvalue weighted by atomic mass is 16.5. The maximum absolute atomic E-state index is 11.8. The first-order chi connectivity index (χ1) is 9.27. The summed E-state index contributed by atoms with van der Waals surface area (Å²) in [6.07, 6.45) is 7.70. The summed E-state index contributed by atoms with van der Waals surface area (Å²) >= 11 is 0. The average Bonchev–Trinajstić information content (AvgIpc) is 2.92. The second-order valence-corrected chi connectivity index (χ2v) is 5.41. The molecule has 1 heterocycles. The Kier molecular flexibility index (Phi) is 5.63. The molecule has 5 nitrogen and oxygen atoms in total. The fourth-order valence-electron chi connectivity index (χ4n) is 2.73. The van der Waals surface area contributed by atoms with Crippen LogP contribution in [-0.4, -0.2) is 37.6 Å². The number of hydrogen-bond donors (Lipinski definition) is 2. The highest BCUT2D eigenvalue weighted by Gasteiger charge is 2.28. The molecule has 1 saturated carbocycles. The molecule has 0 aromatic carbocycles. The predicted octanol–water partition coefficient (Wildman–Crippen LogP) is 0.978. The molecule has 1 saturated heterocycles. The highest BCUT2D eigenvalue weighted by molar-refractivity contribution is 6.00. The van der Waals surface area contributed by atoms with E-state index in [9.17, 15) is 9.59 Å². The fraction of sp³-hybridized carbons (Fsp3) is 0.857. The average molecular weight is 268 g/mol. The van der Waals surface area contributed by atoms with Crippen molar-refractivity contribution in [2.75, 3.05) is 19.7 Å². The molecular formula is C14H24N2O3. The number of nitrogens with one attached hydrogen (secondary N) is 2. The number of carbonyl (C=O) groups is 2. The Labute approximate surface area is 114 Å². The van der Waals surface area contributed by atoms with Crippen molar-refractivity contribution in [3.63, 3.8) is 0 Å². The van der Waals surface area contributed by atoms with Crippen molar-refractivity contribution in [3.05, 3.63) is 0 Å². The summed E-state index contributed by atoms with van der Waals surface area (Å²) < 4.78 is 5.72. The quantitative estimate of drug-likeness (QED) is 0.557. The number of piperidine rings is 1. The molecular weight excluding hydrogens is 244 g/mol. The molecule has 2 amide bonds. The molecule has 0 aromatic rings. The predicted molar refractivity (Wildman–Crippen MR) is 71.6 cm³/mol. The molecule has 0 bridgehead atoms. The molecule has 2 fully saturated rings. The summed E-state index contributed by atoms with van der Waals surface area (Å²) in [6, 6.07) is 0. The van der Waals surface area contributed by atoms with Gasteiger partial charge >= 0.3 is 0 Å². The maximum Gasteiger partial charge on any atom is 0.232 e. The van der Waals surface area contributed by atoms with E-state index in [2.05, 4.69) is 10.6 Å². The van der Waals surface area contributed by atoms with Crippen molar-refractivity contribution < 1.29 is 14.3 Å². The summed E-state index contributed by atoms with van der Waals surface area (Å²) in [7, 11) is 0. The van der Waals surface area contributed by atoms with E-state index >= 15 is 0 Å². The van der Waals surface area contributed by atoms with E-state index in [4.69, 9.17) is 4.74 Å². The van der Waals surface area contributed by atoms with E-state index in [0.717, 1.165) is 12.8 Å². The van der Waals surface area contributed by atoms with Crippen molar-refractivity contribution in [1.82, 2.24) is 10.6 Å². The Morgan fingerprint density at radius 1 is 1.26 bits per heavy atom. The van der Waals surface area contributed by atoms with Crippen molar-refractivity contribution in [2.24, 2.45) is 5.92 Å². The van der Waals surface area contributed by atoms with Crippen LogP contribution in [0.25, 0.3) is 0 Å². The molecule has 0 aromatic heterocycles. The Balaban J connectivity index is 1.54. The molecule has 2 rings (SSSR count). The molecule has 2 aliphatic rings. The first-order valence-corrected chi connectivity index (χ1v) is 7.44. The van der Waals surface area contributed by atoms with Crippen LogP contribution in [0.5, 0.6) is 0 Å². The van der Waals surface area contributed by atoms with Crippen molar-refractivity contribution in [3.8, 4) is 0 Å². The van der Waals surface area contributed by atoms with Crippen molar-refractivity contribution in [1.29, 1.82) is 0 Å². The van der Waals surface area contributed by atoms with E-state index in [-0.39, 0.29) is 11.8 Å².